The molecule has 154 valence electrons. The van der Waals surface area contributed by atoms with Crippen molar-refractivity contribution in [2.24, 2.45) is 5.92 Å². The predicted octanol–water partition coefficient (Wildman–Crippen LogP) is 2.65. The van der Waals surface area contributed by atoms with Crippen LogP contribution in [-0.4, -0.2) is 61.1 Å². The Morgan fingerprint density at radius 3 is 2.71 bits per heavy atom. The number of benzene rings is 1. The van der Waals surface area contributed by atoms with Gasteiger partial charge in [-0.15, -0.1) is 11.8 Å². The number of esters is 1. The summed E-state index contributed by atoms with van der Waals surface area (Å²) < 4.78 is 4.58. The number of hydrogen-bond donors (Lipinski definition) is 2. The number of thioether (sulfide) groups is 1. The molecule has 0 saturated carbocycles. The summed E-state index contributed by atoms with van der Waals surface area (Å²) in [6.07, 6.45) is 2.34. The van der Waals surface area contributed by atoms with Crippen LogP contribution in [0.25, 0.3) is 0 Å². The molecule has 0 aliphatic carbocycles. The molecule has 1 aliphatic heterocycles. The van der Waals surface area contributed by atoms with E-state index in [2.05, 4.69) is 15.4 Å². The molecular formula is C20H29N3O4S. The van der Waals surface area contributed by atoms with Crippen molar-refractivity contribution in [3.8, 4) is 0 Å². The second-order valence-electron chi connectivity index (χ2n) is 6.93. The van der Waals surface area contributed by atoms with Gasteiger partial charge in [0.05, 0.1) is 12.9 Å². The minimum atomic E-state index is -0.273. The summed E-state index contributed by atoms with van der Waals surface area (Å²) in [5.74, 6) is 0.958. The number of ether oxygens (including phenoxy) is 1. The van der Waals surface area contributed by atoms with Gasteiger partial charge in [0.2, 0.25) is 5.91 Å². The van der Waals surface area contributed by atoms with Crippen LogP contribution in [0.15, 0.2) is 24.3 Å². The lowest BCUT2D eigenvalue weighted by molar-refractivity contribution is -0.137. The van der Waals surface area contributed by atoms with Crippen LogP contribution in [0.1, 0.15) is 24.8 Å². The molecule has 0 radical (unpaired) electrons. The molecule has 1 aromatic rings. The number of carbonyl (C=O) groups is 3. The number of aryl methyl sites for hydroxylation is 1. The average Bonchev–Trinajstić information content (AvgIpc) is 2.71. The van der Waals surface area contributed by atoms with E-state index in [0.29, 0.717) is 25.3 Å². The van der Waals surface area contributed by atoms with Gasteiger partial charge < -0.3 is 20.3 Å². The van der Waals surface area contributed by atoms with Gasteiger partial charge in [-0.1, -0.05) is 17.7 Å². The van der Waals surface area contributed by atoms with Gasteiger partial charge in [-0.2, -0.15) is 0 Å². The van der Waals surface area contributed by atoms with E-state index in [-0.39, 0.29) is 29.6 Å². The normalized spacial score (nSPS) is 16.4. The molecular weight excluding hydrogens is 378 g/mol. The Kier molecular flexibility index (Phi) is 9.13. The molecule has 28 heavy (non-hydrogen) atoms. The number of piperidine rings is 1. The zero-order valence-electron chi connectivity index (χ0n) is 16.5. The number of urea groups is 1. The van der Waals surface area contributed by atoms with Crippen molar-refractivity contribution >= 4 is 35.4 Å². The molecule has 3 amide bonds. The number of likely N-dealkylation sites (tertiary alicyclic amines) is 1. The molecule has 1 saturated heterocycles. The Morgan fingerprint density at radius 1 is 1.25 bits per heavy atom. The third-order valence-electron chi connectivity index (χ3n) is 4.64. The lowest BCUT2D eigenvalue weighted by Gasteiger charge is -2.33. The number of amides is 3. The quantitative estimate of drug-likeness (QED) is 0.511. The van der Waals surface area contributed by atoms with Crippen LogP contribution in [0.5, 0.6) is 0 Å². The summed E-state index contributed by atoms with van der Waals surface area (Å²) in [6.45, 7) is 3.95. The van der Waals surface area contributed by atoms with Gasteiger partial charge >= 0.3 is 12.0 Å². The van der Waals surface area contributed by atoms with E-state index in [4.69, 9.17) is 0 Å². The van der Waals surface area contributed by atoms with Crippen molar-refractivity contribution in [3.63, 3.8) is 0 Å². The Balaban J connectivity index is 1.67. The Labute approximate surface area is 170 Å². The van der Waals surface area contributed by atoms with Crippen LogP contribution in [0.4, 0.5) is 10.5 Å². The number of anilines is 1. The zero-order valence-corrected chi connectivity index (χ0v) is 17.3. The largest absolute Gasteiger partial charge is 0.468 e. The van der Waals surface area contributed by atoms with Crippen molar-refractivity contribution in [1.29, 1.82) is 0 Å². The number of nitrogens with one attached hydrogen (secondary N) is 2. The number of carbonyl (C=O) groups excluding carboxylic acids is 3. The van der Waals surface area contributed by atoms with E-state index < -0.39 is 0 Å². The third kappa shape index (κ3) is 7.80. The Hall–Kier alpha value is -2.22. The summed E-state index contributed by atoms with van der Waals surface area (Å²) >= 11 is 1.41. The maximum absolute atomic E-state index is 12.4. The summed E-state index contributed by atoms with van der Waals surface area (Å²) in [7, 11) is 1.36. The van der Waals surface area contributed by atoms with Crippen molar-refractivity contribution in [1.82, 2.24) is 10.2 Å². The van der Waals surface area contributed by atoms with Gasteiger partial charge in [-0.25, -0.2) is 4.79 Å². The molecule has 0 spiro atoms. The van der Waals surface area contributed by atoms with Crippen molar-refractivity contribution in [3.05, 3.63) is 29.8 Å². The molecule has 1 atom stereocenters. The van der Waals surface area contributed by atoms with Gasteiger partial charge in [-0.05, 0) is 37.8 Å². The molecule has 2 N–H and O–H groups in total. The van der Waals surface area contributed by atoms with Crippen molar-refractivity contribution in [2.75, 3.05) is 43.6 Å². The van der Waals surface area contributed by atoms with Gasteiger partial charge in [0.1, 0.15) is 0 Å². The average molecular weight is 408 g/mol. The highest BCUT2D eigenvalue weighted by atomic mass is 32.2. The number of nitrogens with zero attached hydrogens (tertiary/aromatic N) is 1. The highest BCUT2D eigenvalue weighted by Crippen LogP contribution is 2.17. The molecule has 1 heterocycles. The molecule has 1 aromatic carbocycles. The first-order chi connectivity index (χ1) is 13.5. The van der Waals surface area contributed by atoms with Gasteiger partial charge in [-0.3, -0.25) is 9.59 Å². The van der Waals surface area contributed by atoms with Gasteiger partial charge in [0.15, 0.2) is 0 Å². The van der Waals surface area contributed by atoms with Gasteiger partial charge in [0.25, 0.3) is 0 Å². The second kappa shape index (κ2) is 11.6. The molecule has 1 aliphatic rings. The summed E-state index contributed by atoms with van der Waals surface area (Å²) in [5.41, 5.74) is 1.90. The first-order valence-electron chi connectivity index (χ1n) is 9.51. The van der Waals surface area contributed by atoms with Crippen LogP contribution in [-0.2, 0) is 14.3 Å². The lowest BCUT2D eigenvalue weighted by Crippen LogP contribution is -2.44. The van der Waals surface area contributed by atoms with Crippen LogP contribution in [0.3, 0.4) is 0 Å². The smallest absolute Gasteiger partial charge is 0.319 e. The fourth-order valence-corrected chi connectivity index (χ4v) is 3.79. The number of rotatable bonds is 8. The second-order valence-corrected chi connectivity index (χ2v) is 8.03. The third-order valence-corrected chi connectivity index (χ3v) is 5.57. The maximum atomic E-state index is 12.4. The monoisotopic (exact) mass is 407 g/mol. The van der Waals surface area contributed by atoms with Crippen molar-refractivity contribution in [2.45, 2.75) is 26.2 Å². The van der Waals surface area contributed by atoms with Crippen LogP contribution < -0.4 is 10.6 Å². The highest BCUT2D eigenvalue weighted by molar-refractivity contribution is 7.99. The fraction of sp³-hybridized carbons (Fsp3) is 0.550. The minimum Gasteiger partial charge on any atom is -0.468 e. The Morgan fingerprint density at radius 2 is 2.00 bits per heavy atom. The van der Waals surface area contributed by atoms with E-state index in [1.54, 1.807) is 0 Å². The van der Waals surface area contributed by atoms with Crippen molar-refractivity contribution < 1.29 is 19.1 Å². The van der Waals surface area contributed by atoms with E-state index in [0.717, 1.165) is 30.6 Å². The predicted molar refractivity (Wildman–Crippen MR) is 111 cm³/mol. The molecule has 2 rings (SSSR count). The van der Waals surface area contributed by atoms with Crippen LogP contribution in [0.2, 0.25) is 0 Å². The highest BCUT2D eigenvalue weighted by Gasteiger charge is 2.23. The van der Waals surface area contributed by atoms with E-state index in [1.165, 1.54) is 18.9 Å². The van der Waals surface area contributed by atoms with E-state index >= 15 is 0 Å². The van der Waals surface area contributed by atoms with E-state index in [1.807, 2.05) is 36.1 Å². The molecule has 1 fully saturated rings. The lowest BCUT2D eigenvalue weighted by atomic mass is 9.98. The SMILES string of the molecule is COC(=O)CSCCC(=O)N1CCCC(CNC(=O)Nc2ccc(C)cc2)C1. The molecule has 8 heteroatoms. The minimum absolute atomic E-state index is 0.103. The number of hydrogen-bond acceptors (Lipinski definition) is 5. The summed E-state index contributed by atoms with van der Waals surface area (Å²) in [6, 6.07) is 7.40. The topological polar surface area (TPSA) is 87.7 Å². The summed E-state index contributed by atoms with van der Waals surface area (Å²) in [4.78, 5) is 37.4. The molecule has 0 aromatic heterocycles. The number of methoxy groups -OCH3 is 1. The molecule has 1 unspecified atom stereocenters. The molecule has 7 nitrogen and oxygen atoms in total. The van der Waals surface area contributed by atoms with Crippen LogP contribution in [0, 0.1) is 12.8 Å². The molecule has 0 bridgehead atoms. The first kappa shape index (κ1) is 22.1. The maximum Gasteiger partial charge on any atom is 0.319 e. The Bertz CT molecular complexity index is 666. The van der Waals surface area contributed by atoms with Crippen LogP contribution >= 0.6 is 11.8 Å². The van der Waals surface area contributed by atoms with E-state index in [9.17, 15) is 14.4 Å². The fourth-order valence-electron chi connectivity index (χ4n) is 3.04. The van der Waals surface area contributed by atoms with Gasteiger partial charge in [0, 0.05) is 37.5 Å². The summed E-state index contributed by atoms with van der Waals surface area (Å²) in [5, 5.41) is 5.72. The standard InChI is InChI=1S/C20H29N3O4S/c1-15-5-7-17(8-6-15)22-20(26)21-12-16-4-3-10-23(13-16)18(24)9-11-28-14-19(25)27-2/h5-8,16H,3-4,9-14H2,1-2H3,(H2,21,22,26). The zero-order chi connectivity index (χ0) is 20.4. The first-order valence-corrected chi connectivity index (χ1v) is 10.7.